The zero-order chi connectivity index (χ0) is 15.1. The molecule has 0 aliphatic carbocycles. The average molecular weight is 311 g/mol. The Bertz CT molecular complexity index is 557. The van der Waals surface area contributed by atoms with E-state index in [0.717, 1.165) is 11.0 Å². The number of hydrogen-bond acceptors (Lipinski definition) is 8. The van der Waals surface area contributed by atoms with Gasteiger partial charge in [0.25, 0.3) is 5.91 Å². The number of anilines is 1. The highest BCUT2D eigenvalue weighted by atomic mass is 32.1. The molecule has 0 fully saturated rings. The van der Waals surface area contributed by atoms with Crippen molar-refractivity contribution in [3.63, 3.8) is 0 Å². The van der Waals surface area contributed by atoms with Crippen molar-refractivity contribution in [1.29, 1.82) is 0 Å². The van der Waals surface area contributed by atoms with Gasteiger partial charge in [-0.05, 0) is 6.92 Å². The number of ether oxygens (including phenoxy) is 1. The van der Waals surface area contributed by atoms with Gasteiger partial charge in [0.15, 0.2) is 5.69 Å². The molecule has 1 amide bonds. The predicted molar refractivity (Wildman–Crippen MR) is 77.4 cm³/mol. The van der Waals surface area contributed by atoms with E-state index in [0.29, 0.717) is 19.6 Å². The molecule has 0 spiro atoms. The zero-order valence-electron chi connectivity index (χ0n) is 11.8. The molecular weight excluding hydrogens is 294 g/mol. The fraction of sp³-hybridized carbons (Fsp3) is 0.500. The standard InChI is InChI=1S/C12H17N5O3S/c1-8(7-13-11(18)9-3-6-20-16-9)14-12-15-10(17-21-12)4-5-19-2/h3,6,8H,4-5,7H2,1-2H3,(H,13,18)(H,14,15,17)/t8-/m1/s1. The molecule has 8 nitrogen and oxygen atoms in total. The van der Waals surface area contributed by atoms with Crippen LogP contribution in [0.5, 0.6) is 0 Å². The summed E-state index contributed by atoms with van der Waals surface area (Å²) in [5.41, 5.74) is 0.264. The first-order chi connectivity index (χ1) is 10.2. The fourth-order valence-electron chi connectivity index (χ4n) is 1.54. The van der Waals surface area contributed by atoms with E-state index in [-0.39, 0.29) is 17.6 Å². The minimum absolute atomic E-state index is 0.0177. The van der Waals surface area contributed by atoms with Gasteiger partial charge in [0, 0.05) is 43.7 Å². The topological polar surface area (TPSA) is 102 Å². The molecule has 21 heavy (non-hydrogen) atoms. The van der Waals surface area contributed by atoms with Crippen LogP contribution in [-0.2, 0) is 11.2 Å². The maximum atomic E-state index is 11.7. The second-order valence-electron chi connectivity index (χ2n) is 4.40. The summed E-state index contributed by atoms with van der Waals surface area (Å²) in [6, 6.07) is 1.53. The van der Waals surface area contributed by atoms with Crippen molar-refractivity contribution in [2.45, 2.75) is 19.4 Å². The Morgan fingerprint density at radius 1 is 1.57 bits per heavy atom. The molecule has 2 aromatic heterocycles. The average Bonchev–Trinajstić information content (AvgIpc) is 3.14. The third kappa shape index (κ3) is 4.80. The molecule has 0 bridgehead atoms. The Kier molecular flexibility index (Phi) is 5.64. The van der Waals surface area contributed by atoms with Crippen LogP contribution in [0.1, 0.15) is 23.2 Å². The van der Waals surface area contributed by atoms with Crippen LogP contribution in [0.2, 0.25) is 0 Å². The molecule has 9 heteroatoms. The van der Waals surface area contributed by atoms with E-state index in [1.54, 1.807) is 7.11 Å². The Hall–Kier alpha value is -2.00. The molecule has 2 heterocycles. The lowest BCUT2D eigenvalue weighted by atomic mass is 10.3. The van der Waals surface area contributed by atoms with E-state index >= 15 is 0 Å². The molecule has 0 saturated carbocycles. The molecule has 0 aromatic carbocycles. The van der Waals surface area contributed by atoms with Crippen LogP contribution in [0.15, 0.2) is 16.9 Å². The summed E-state index contributed by atoms with van der Waals surface area (Å²) >= 11 is 1.29. The lowest BCUT2D eigenvalue weighted by molar-refractivity contribution is 0.0943. The monoisotopic (exact) mass is 311 g/mol. The largest absolute Gasteiger partial charge is 0.384 e. The third-order valence-corrected chi connectivity index (χ3v) is 3.29. The van der Waals surface area contributed by atoms with Gasteiger partial charge >= 0.3 is 0 Å². The number of hydrogen-bond donors (Lipinski definition) is 2. The fourth-order valence-corrected chi connectivity index (χ4v) is 2.26. The summed E-state index contributed by atoms with van der Waals surface area (Å²) < 4.78 is 13.8. The molecule has 0 aliphatic heterocycles. The SMILES string of the molecule is COCCc1nsc(N[C@H](C)CNC(=O)c2ccon2)n1. The van der Waals surface area contributed by atoms with Crippen LogP contribution in [0.3, 0.4) is 0 Å². The number of nitrogens with one attached hydrogen (secondary N) is 2. The van der Waals surface area contributed by atoms with Crippen molar-refractivity contribution in [1.82, 2.24) is 19.8 Å². The Balaban J connectivity index is 1.75. The maximum Gasteiger partial charge on any atom is 0.273 e. The molecule has 1 atom stereocenters. The van der Waals surface area contributed by atoms with Crippen LogP contribution >= 0.6 is 11.5 Å². The molecule has 114 valence electrons. The van der Waals surface area contributed by atoms with E-state index in [2.05, 4.69) is 29.7 Å². The van der Waals surface area contributed by atoms with E-state index in [9.17, 15) is 4.79 Å². The van der Waals surface area contributed by atoms with Gasteiger partial charge < -0.3 is 19.9 Å². The summed E-state index contributed by atoms with van der Waals surface area (Å²) in [4.78, 5) is 16.0. The zero-order valence-corrected chi connectivity index (χ0v) is 12.6. The molecular formula is C12H17N5O3S. The lowest BCUT2D eigenvalue weighted by Crippen LogP contribution is -2.34. The van der Waals surface area contributed by atoms with E-state index in [1.165, 1.54) is 23.9 Å². The number of nitrogens with zero attached hydrogens (tertiary/aromatic N) is 3. The second kappa shape index (κ2) is 7.70. The second-order valence-corrected chi connectivity index (χ2v) is 5.15. The number of amides is 1. The maximum absolute atomic E-state index is 11.7. The van der Waals surface area contributed by atoms with Crippen molar-refractivity contribution in [3.8, 4) is 0 Å². The van der Waals surface area contributed by atoms with E-state index in [1.807, 2.05) is 6.92 Å². The van der Waals surface area contributed by atoms with E-state index < -0.39 is 0 Å². The molecule has 0 saturated heterocycles. The third-order valence-electron chi connectivity index (χ3n) is 2.61. The van der Waals surface area contributed by atoms with Gasteiger partial charge in [0.05, 0.1) is 6.61 Å². The summed E-state index contributed by atoms with van der Waals surface area (Å²) in [5.74, 6) is 0.485. The molecule has 0 aliphatic rings. The summed E-state index contributed by atoms with van der Waals surface area (Å²) in [6.45, 7) is 2.98. The van der Waals surface area contributed by atoms with Crippen molar-refractivity contribution in [2.24, 2.45) is 0 Å². The molecule has 2 aromatic rings. The quantitative estimate of drug-likeness (QED) is 0.748. The minimum atomic E-state index is -0.268. The first-order valence-corrected chi connectivity index (χ1v) is 7.23. The van der Waals surface area contributed by atoms with Gasteiger partial charge in [0.1, 0.15) is 12.1 Å². The Labute approximate surface area is 126 Å². The van der Waals surface area contributed by atoms with Gasteiger partial charge in [-0.3, -0.25) is 4.79 Å². The van der Waals surface area contributed by atoms with Crippen LogP contribution in [0.4, 0.5) is 5.13 Å². The first-order valence-electron chi connectivity index (χ1n) is 6.45. The highest BCUT2D eigenvalue weighted by Crippen LogP contribution is 2.12. The first kappa shape index (κ1) is 15.4. The summed E-state index contributed by atoms with van der Waals surface area (Å²) in [6.07, 6.45) is 2.05. The van der Waals surface area contributed by atoms with E-state index in [4.69, 9.17) is 4.74 Å². The molecule has 2 N–H and O–H groups in total. The Morgan fingerprint density at radius 3 is 3.14 bits per heavy atom. The molecule has 0 radical (unpaired) electrons. The summed E-state index contributed by atoms with van der Waals surface area (Å²) in [5, 5.41) is 10.2. The minimum Gasteiger partial charge on any atom is -0.384 e. The predicted octanol–water partition coefficient (Wildman–Crippen LogP) is 0.945. The summed E-state index contributed by atoms with van der Waals surface area (Å²) in [7, 11) is 1.64. The van der Waals surface area contributed by atoms with Crippen LogP contribution in [0, 0.1) is 0 Å². The van der Waals surface area contributed by atoms with Crippen LogP contribution in [0.25, 0.3) is 0 Å². The van der Waals surface area contributed by atoms with Crippen molar-refractivity contribution < 1.29 is 14.1 Å². The number of carbonyl (C=O) groups excluding carboxylic acids is 1. The molecule has 2 rings (SSSR count). The van der Waals surface area contributed by atoms with Gasteiger partial charge in [0.2, 0.25) is 5.13 Å². The number of aromatic nitrogens is 3. The highest BCUT2D eigenvalue weighted by Gasteiger charge is 2.11. The molecule has 0 unspecified atom stereocenters. The van der Waals surface area contributed by atoms with Gasteiger partial charge in [-0.2, -0.15) is 4.37 Å². The van der Waals surface area contributed by atoms with Crippen LogP contribution in [-0.4, -0.2) is 46.7 Å². The normalized spacial score (nSPS) is 12.1. The highest BCUT2D eigenvalue weighted by molar-refractivity contribution is 7.09. The number of rotatable bonds is 8. The number of carbonyl (C=O) groups is 1. The Morgan fingerprint density at radius 2 is 2.43 bits per heavy atom. The van der Waals surface area contributed by atoms with Crippen molar-refractivity contribution in [3.05, 3.63) is 23.8 Å². The lowest BCUT2D eigenvalue weighted by Gasteiger charge is -2.12. The van der Waals surface area contributed by atoms with Gasteiger partial charge in [-0.1, -0.05) is 5.16 Å². The smallest absolute Gasteiger partial charge is 0.273 e. The van der Waals surface area contributed by atoms with Gasteiger partial charge in [-0.15, -0.1) is 0 Å². The van der Waals surface area contributed by atoms with Gasteiger partial charge in [-0.25, -0.2) is 4.98 Å². The number of methoxy groups -OCH3 is 1. The van der Waals surface area contributed by atoms with Crippen molar-refractivity contribution in [2.75, 3.05) is 25.6 Å². The van der Waals surface area contributed by atoms with Crippen molar-refractivity contribution >= 4 is 22.6 Å². The van der Waals surface area contributed by atoms with Crippen LogP contribution < -0.4 is 10.6 Å².